The highest BCUT2D eigenvalue weighted by atomic mass is 79.9. The summed E-state index contributed by atoms with van der Waals surface area (Å²) in [4.78, 5) is 2.34. The molecule has 1 atom stereocenters. The summed E-state index contributed by atoms with van der Waals surface area (Å²) >= 11 is 3.54. The first-order valence-corrected chi connectivity index (χ1v) is 7.35. The minimum absolute atomic E-state index is 0.633. The van der Waals surface area contributed by atoms with Gasteiger partial charge in [0.25, 0.3) is 0 Å². The predicted molar refractivity (Wildman–Crippen MR) is 84.9 cm³/mol. The monoisotopic (exact) mass is 316 g/mol. The Morgan fingerprint density at radius 3 is 2.79 bits per heavy atom. The summed E-state index contributed by atoms with van der Waals surface area (Å²) < 4.78 is 1.06. The lowest BCUT2D eigenvalue weighted by Gasteiger charge is -2.35. The third kappa shape index (κ3) is 2.35. The van der Waals surface area contributed by atoms with Gasteiger partial charge >= 0.3 is 0 Å². The van der Waals surface area contributed by atoms with Gasteiger partial charge in [0.15, 0.2) is 0 Å². The Labute approximate surface area is 122 Å². The number of nitrogen functional groups attached to an aromatic ring is 1. The highest BCUT2D eigenvalue weighted by Crippen LogP contribution is 2.38. The van der Waals surface area contributed by atoms with Gasteiger partial charge in [0.2, 0.25) is 0 Å². The van der Waals surface area contributed by atoms with E-state index in [1.165, 1.54) is 11.3 Å². The topological polar surface area (TPSA) is 29.3 Å². The van der Waals surface area contributed by atoms with E-state index in [4.69, 9.17) is 5.73 Å². The smallest absolute Gasteiger partial charge is 0.0655 e. The van der Waals surface area contributed by atoms with Crippen LogP contribution in [0.1, 0.15) is 12.5 Å². The molecule has 1 aliphatic heterocycles. The lowest BCUT2D eigenvalue weighted by molar-refractivity contribution is 0.562. The molecule has 0 saturated heterocycles. The molecule has 0 radical (unpaired) electrons. The van der Waals surface area contributed by atoms with E-state index in [1.807, 2.05) is 12.1 Å². The van der Waals surface area contributed by atoms with E-state index < -0.39 is 0 Å². The molecular formula is C16H17BrN2. The SMILES string of the molecule is CC1Cc2ccccc2N(c2cc(Br)ccc2N)C1. The van der Waals surface area contributed by atoms with Crippen molar-refractivity contribution in [3.05, 3.63) is 52.5 Å². The van der Waals surface area contributed by atoms with Gasteiger partial charge in [0.1, 0.15) is 0 Å². The van der Waals surface area contributed by atoms with E-state index in [0.29, 0.717) is 5.92 Å². The molecule has 0 spiro atoms. The average molecular weight is 317 g/mol. The van der Waals surface area contributed by atoms with Crippen LogP contribution in [0.3, 0.4) is 0 Å². The number of fused-ring (bicyclic) bond motifs is 1. The number of nitrogens with zero attached hydrogens (tertiary/aromatic N) is 1. The average Bonchev–Trinajstić information content (AvgIpc) is 2.40. The third-order valence-corrected chi connectivity index (χ3v) is 4.12. The Morgan fingerprint density at radius 1 is 1.16 bits per heavy atom. The summed E-state index contributed by atoms with van der Waals surface area (Å²) in [5, 5.41) is 0. The van der Waals surface area contributed by atoms with Crippen LogP contribution in [0.5, 0.6) is 0 Å². The second-order valence-corrected chi connectivity index (χ2v) is 6.17. The number of hydrogen-bond acceptors (Lipinski definition) is 2. The van der Waals surface area contributed by atoms with E-state index in [9.17, 15) is 0 Å². The Kier molecular flexibility index (Phi) is 3.23. The van der Waals surface area contributed by atoms with E-state index in [-0.39, 0.29) is 0 Å². The van der Waals surface area contributed by atoms with Crippen molar-refractivity contribution in [1.82, 2.24) is 0 Å². The largest absolute Gasteiger partial charge is 0.397 e. The van der Waals surface area contributed by atoms with Crippen LogP contribution in [0.25, 0.3) is 0 Å². The zero-order chi connectivity index (χ0) is 13.4. The molecule has 2 N–H and O–H groups in total. The molecule has 0 saturated carbocycles. The molecule has 19 heavy (non-hydrogen) atoms. The van der Waals surface area contributed by atoms with Crippen molar-refractivity contribution in [2.24, 2.45) is 5.92 Å². The number of para-hydroxylation sites is 1. The van der Waals surface area contributed by atoms with Gasteiger partial charge in [-0.15, -0.1) is 0 Å². The molecule has 0 bridgehead atoms. The van der Waals surface area contributed by atoms with Crippen LogP contribution in [0.15, 0.2) is 46.9 Å². The van der Waals surface area contributed by atoms with Crippen molar-refractivity contribution in [3.8, 4) is 0 Å². The fourth-order valence-corrected chi connectivity index (χ4v) is 3.12. The lowest BCUT2D eigenvalue weighted by atomic mass is 9.93. The van der Waals surface area contributed by atoms with E-state index in [1.54, 1.807) is 0 Å². The second-order valence-electron chi connectivity index (χ2n) is 5.25. The van der Waals surface area contributed by atoms with E-state index in [2.05, 4.69) is 58.1 Å². The van der Waals surface area contributed by atoms with Crippen LogP contribution in [0.4, 0.5) is 17.1 Å². The summed E-state index contributed by atoms with van der Waals surface area (Å²) in [6.07, 6.45) is 1.14. The van der Waals surface area contributed by atoms with Crippen LogP contribution in [-0.2, 0) is 6.42 Å². The van der Waals surface area contributed by atoms with Crippen molar-refractivity contribution in [1.29, 1.82) is 0 Å². The molecule has 3 heteroatoms. The van der Waals surface area contributed by atoms with Crippen LogP contribution in [0, 0.1) is 5.92 Å². The zero-order valence-electron chi connectivity index (χ0n) is 10.9. The number of hydrogen-bond donors (Lipinski definition) is 1. The summed E-state index contributed by atoms with van der Waals surface area (Å²) in [7, 11) is 0. The molecule has 0 fully saturated rings. The van der Waals surface area contributed by atoms with Gasteiger partial charge < -0.3 is 10.6 Å². The molecule has 2 nitrogen and oxygen atoms in total. The molecule has 1 heterocycles. The van der Waals surface area contributed by atoms with Crippen LogP contribution in [0.2, 0.25) is 0 Å². The first-order valence-electron chi connectivity index (χ1n) is 6.55. The first kappa shape index (κ1) is 12.5. The zero-order valence-corrected chi connectivity index (χ0v) is 12.5. The fraction of sp³-hybridized carbons (Fsp3) is 0.250. The molecule has 2 aromatic rings. The minimum atomic E-state index is 0.633. The molecule has 0 aromatic heterocycles. The van der Waals surface area contributed by atoms with Gasteiger partial charge in [-0.05, 0) is 42.2 Å². The molecule has 0 amide bonds. The Morgan fingerprint density at radius 2 is 1.95 bits per heavy atom. The summed E-state index contributed by atoms with van der Waals surface area (Å²) in [5.74, 6) is 0.633. The first-order chi connectivity index (χ1) is 9.15. The van der Waals surface area contributed by atoms with Gasteiger partial charge in [-0.25, -0.2) is 0 Å². The van der Waals surface area contributed by atoms with Crippen molar-refractivity contribution >= 4 is 33.0 Å². The Bertz CT molecular complexity index is 609. The molecule has 98 valence electrons. The van der Waals surface area contributed by atoms with E-state index >= 15 is 0 Å². The molecule has 0 aliphatic carbocycles. The standard InChI is InChI=1S/C16H17BrN2/c1-11-8-12-4-2-3-5-15(12)19(10-11)16-9-13(17)6-7-14(16)18/h2-7,9,11H,8,10,18H2,1H3. The predicted octanol–water partition coefficient (Wildman–Crippen LogP) is 4.36. The molecule has 1 unspecified atom stereocenters. The normalized spacial score (nSPS) is 18.2. The summed E-state index contributed by atoms with van der Waals surface area (Å²) in [5.41, 5.74) is 10.8. The molecule has 3 rings (SSSR count). The van der Waals surface area contributed by atoms with Crippen molar-refractivity contribution < 1.29 is 0 Å². The number of benzene rings is 2. The fourth-order valence-electron chi connectivity index (χ4n) is 2.78. The number of nitrogens with two attached hydrogens (primary N) is 1. The lowest BCUT2D eigenvalue weighted by Crippen LogP contribution is -2.30. The van der Waals surface area contributed by atoms with Gasteiger partial charge in [-0.2, -0.15) is 0 Å². The van der Waals surface area contributed by atoms with Crippen molar-refractivity contribution in [2.45, 2.75) is 13.3 Å². The van der Waals surface area contributed by atoms with Crippen LogP contribution >= 0.6 is 15.9 Å². The highest BCUT2D eigenvalue weighted by molar-refractivity contribution is 9.10. The molecule has 1 aliphatic rings. The highest BCUT2D eigenvalue weighted by Gasteiger charge is 2.23. The maximum absolute atomic E-state index is 6.16. The number of anilines is 3. The summed E-state index contributed by atoms with van der Waals surface area (Å²) in [6.45, 7) is 3.30. The van der Waals surface area contributed by atoms with Gasteiger partial charge in [-0.1, -0.05) is 41.1 Å². The minimum Gasteiger partial charge on any atom is -0.397 e. The van der Waals surface area contributed by atoms with Crippen LogP contribution < -0.4 is 10.6 Å². The Balaban J connectivity index is 2.12. The maximum Gasteiger partial charge on any atom is 0.0655 e. The van der Waals surface area contributed by atoms with E-state index in [0.717, 1.165) is 28.8 Å². The number of rotatable bonds is 1. The quantitative estimate of drug-likeness (QED) is 0.792. The van der Waals surface area contributed by atoms with Crippen molar-refractivity contribution in [3.63, 3.8) is 0 Å². The third-order valence-electron chi connectivity index (χ3n) is 3.63. The maximum atomic E-state index is 6.16. The van der Waals surface area contributed by atoms with Gasteiger partial charge in [0, 0.05) is 16.7 Å². The van der Waals surface area contributed by atoms with Gasteiger partial charge in [-0.3, -0.25) is 0 Å². The molecule has 2 aromatic carbocycles. The Hall–Kier alpha value is -1.48. The number of halogens is 1. The van der Waals surface area contributed by atoms with Crippen molar-refractivity contribution in [2.75, 3.05) is 17.2 Å². The van der Waals surface area contributed by atoms with Gasteiger partial charge in [0.05, 0.1) is 11.4 Å². The second kappa shape index (κ2) is 4.89. The summed E-state index contributed by atoms with van der Waals surface area (Å²) in [6, 6.07) is 14.6. The molecular weight excluding hydrogens is 300 g/mol. The van der Waals surface area contributed by atoms with Crippen LogP contribution in [-0.4, -0.2) is 6.54 Å².